The maximum Gasteiger partial charge on any atom is 0.164 e. The van der Waals surface area contributed by atoms with E-state index in [0.717, 1.165) is 56.2 Å². The van der Waals surface area contributed by atoms with Gasteiger partial charge in [-0.25, -0.2) is 15.0 Å². The number of rotatable bonds is 4. The lowest BCUT2D eigenvalue weighted by molar-refractivity contribution is 0.515. The lowest BCUT2D eigenvalue weighted by Crippen LogP contribution is -2.10. The number of furan rings is 1. The van der Waals surface area contributed by atoms with Crippen molar-refractivity contribution >= 4 is 59.6 Å². The minimum Gasteiger partial charge on any atom is -0.460 e. The van der Waals surface area contributed by atoms with Crippen LogP contribution in [-0.2, 0) is 0 Å². The van der Waals surface area contributed by atoms with Crippen molar-refractivity contribution in [3.63, 3.8) is 0 Å². The van der Waals surface area contributed by atoms with E-state index >= 15 is 0 Å². The molecule has 10 aromatic rings. The second-order valence-electron chi connectivity index (χ2n) is 13.9. The summed E-state index contributed by atoms with van der Waals surface area (Å²) in [6.07, 6.45) is 3.07. The van der Waals surface area contributed by atoms with Crippen LogP contribution in [0.4, 0.5) is 0 Å². The second kappa shape index (κ2) is 11.8. The van der Waals surface area contributed by atoms with Gasteiger partial charge in [0.05, 0.1) is 0 Å². The van der Waals surface area contributed by atoms with E-state index in [1.54, 1.807) is 0 Å². The molecule has 0 aliphatic heterocycles. The average molecular weight is 678 g/mol. The fraction of sp³-hybridized carbons (Fsp3) is 0.0408. The van der Waals surface area contributed by atoms with Crippen molar-refractivity contribution in [1.82, 2.24) is 15.0 Å². The van der Waals surface area contributed by atoms with Crippen LogP contribution in [0.5, 0.6) is 0 Å². The third-order valence-corrected chi connectivity index (χ3v) is 10.9. The quantitative estimate of drug-likeness (QED) is 0.174. The Morgan fingerprint density at radius 1 is 0.453 bits per heavy atom. The SMILES string of the molecule is C1=C(c2nc(-c3ccc4ccc5ccccc5c4c3)nc(-c3cc4ccccc4c4ccccc34)n2)c2c(oc3ccccc23)C(c2ccccc2)C1. The van der Waals surface area contributed by atoms with Crippen LogP contribution in [0.2, 0.25) is 0 Å². The molecule has 53 heavy (non-hydrogen) atoms. The highest BCUT2D eigenvalue weighted by Gasteiger charge is 2.31. The van der Waals surface area contributed by atoms with Crippen LogP contribution in [0.3, 0.4) is 0 Å². The van der Waals surface area contributed by atoms with Crippen LogP contribution in [-0.4, -0.2) is 15.0 Å². The molecule has 0 radical (unpaired) electrons. The van der Waals surface area contributed by atoms with Gasteiger partial charge < -0.3 is 4.42 Å². The number of aromatic nitrogens is 3. The standard InChI is InChI=1S/C49H31N3O/c1-2-12-30(13-3-1)37-26-27-41(45-40-20-10-11-21-44(40)53-46(37)45)48-50-47(34-25-24-32-23-22-31-14-4-6-16-35(31)42(32)29-34)51-49(52-48)43-28-33-15-5-7-17-36(33)38-18-8-9-19-39(38)43/h1-25,27-29,37H,26H2. The molecular weight excluding hydrogens is 647 g/mol. The number of allylic oxidation sites excluding steroid dienone is 1. The maximum atomic E-state index is 6.72. The monoisotopic (exact) mass is 677 g/mol. The Balaban J connectivity index is 1.19. The first-order valence-electron chi connectivity index (χ1n) is 18.1. The molecule has 1 aliphatic rings. The average Bonchev–Trinajstić information content (AvgIpc) is 3.63. The van der Waals surface area contributed by atoms with Crippen LogP contribution in [0.25, 0.3) is 82.4 Å². The van der Waals surface area contributed by atoms with E-state index in [1.807, 2.05) is 6.07 Å². The highest BCUT2D eigenvalue weighted by atomic mass is 16.3. The summed E-state index contributed by atoms with van der Waals surface area (Å²) in [5.74, 6) is 2.95. The van der Waals surface area contributed by atoms with Gasteiger partial charge in [0.2, 0.25) is 0 Å². The molecule has 0 spiro atoms. The van der Waals surface area contributed by atoms with Crippen molar-refractivity contribution in [2.45, 2.75) is 12.3 Å². The molecule has 0 saturated heterocycles. The predicted octanol–water partition coefficient (Wildman–Crippen LogP) is 12.5. The molecule has 11 rings (SSSR count). The predicted molar refractivity (Wildman–Crippen MR) is 217 cm³/mol. The maximum absolute atomic E-state index is 6.72. The summed E-state index contributed by atoms with van der Waals surface area (Å²) in [6.45, 7) is 0. The molecule has 8 aromatic carbocycles. The van der Waals surface area contributed by atoms with Gasteiger partial charge in [-0.15, -0.1) is 0 Å². The molecule has 2 aromatic heterocycles. The van der Waals surface area contributed by atoms with E-state index in [0.29, 0.717) is 17.5 Å². The lowest BCUT2D eigenvalue weighted by Gasteiger charge is -2.22. The zero-order valence-corrected chi connectivity index (χ0v) is 28.7. The molecule has 1 unspecified atom stereocenters. The van der Waals surface area contributed by atoms with Gasteiger partial charge in [0.1, 0.15) is 11.3 Å². The molecule has 0 N–H and O–H groups in total. The number of benzene rings is 8. The van der Waals surface area contributed by atoms with E-state index in [-0.39, 0.29) is 5.92 Å². The minimum atomic E-state index is 0.0846. The summed E-state index contributed by atoms with van der Waals surface area (Å²) in [7, 11) is 0. The first kappa shape index (κ1) is 29.8. The third-order valence-electron chi connectivity index (χ3n) is 10.9. The van der Waals surface area contributed by atoms with Crippen LogP contribution < -0.4 is 0 Å². The Morgan fingerprint density at radius 2 is 1.06 bits per heavy atom. The molecular formula is C49H31N3O. The highest BCUT2D eigenvalue weighted by Crippen LogP contribution is 2.46. The van der Waals surface area contributed by atoms with Crippen molar-refractivity contribution in [1.29, 1.82) is 0 Å². The van der Waals surface area contributed by atoms with Crippen molar-refractivity contribution in [2.75, 3.05) is 0 Å². The second-order valence-corrected chi connectivity index (χ2v) is 13.9. The van der Waals surface area contributed by atoms with Gasteiger partial charge in [-0.05, 0) is 73.3 Å². The molecule has 248 valence electrons. The van der Waals surface area contributed by atoms with Gasteiger partial charge in [0, 0.05) is 33.6 Å². The highest BCUT2D eigenvalue weighted by molar-refractivity contribution is 6.13. The number of hydrogen-bond acceptors (Lipinski definition) is 4. The number of fused-ring (bicyclic) bond motifs is 9. The van der Waals surface area contributed by atoms with Crippen molar-refractivity contribution in [3.8, 4) is 22.8 Å². The van der Waals surface area contributed by atoms with Gasteiger partial charge >= 0.3 is 0 Å². The summed E-state index contributed by atoms with van der Waals surface area (Å²) in [6, 6.07) is 57.7. The fourth-order valence-electron chi connectivity index (χ4n) is 8.33. The first-order chi connectivity index (χ1) is 26.3. The minimum absolute atomic E-state index is 0.0846. The summed E-state index contributed by atoms with van der Waals surface area (Å²) in [5, 5.41) is 10.5. The molecule has 4 heteroatoms. The largest absolute Gasteiger partial charge is 0.460 e. The van der Waals surface area contributed by atoms with Crippen LogP contribution in [0, 0.1) is 0 Å². The fourth-order valence-corrected chi connectivity index (χ4v) is 8.33. The topological polar surface area (TPSA) is 51.8 Å². The van der Waals surface area contributed by atoms with E-state index in [4.69, 9.17) is 19.4 Å². The Labute approximate surface area is 305 Å². The van der Waals surface area contributed by atoms with E-state index in [9.17, 15) is 0 Å². The Hall–Kier alpha value is -6.91. The summed E-state index contributed by atoms with van der Waals surface area (Å²) in [4.78, 5) is 16.0. The normalized spacial score (nSPS) is 14.3. The Morgan fingerprint density at radius 3 is 1.89 bits per heavy atom. The lowest BCUT2D eigenvalue weighted by atomic mass is 9.83. The summed E-state index contributed by atoms with van der Waals surface area (Å²) in [5.41, 5.74) is 6.04. The number of hydrogen-bond donors (Lipinski definition) is 0. The number of nitrogens with zero attached hydrogens (tertiary/aromatic N) is 3. The van der Waals surface area contributed by atoms with Gasteiger partial charge in [0.25, 0.3) is 0 Å². The molecule has 0 bridgehead atoms. The van der Waals surface area contributed by atoms with Crippen LogP contribution >= 0.6 is 0 Å². The van der Waals surface area contributed by atoms with Crippen molar-refractivity contribution < 1.29 is 4.42 Å². The van der Waals surface area contributed by atoms with Crippen LogP contribution in [0.15, 0.2) is 174 Å². The van der Waals surface area contributed by atoms with Crippen LogP contribution in [0.1, 0.15) is 35.1 Å². The molecule has 2 heterocycles. The summed E-state index contributed by atoms with van der Waals surface area (Å²) >= 11 is 0. The zero-order valence-electron chi connectivity index (χ0n) is 28.7. The molecule has 0 fully saturated rings. The zero-order chi connectivity index (χ0) is 34.9. The van der Waals surface area contributed by atoms with Gasteiger partial charge in [-0.3, -0.25) is 0 Å². The van der Waals surface area contributed by atoms with Gasteiger partial charge in [0.15, 0.2) is 17.5 Å². The smallest absolute Gasteiger partial charge is 0.164 e. The molecule has 1 atom stereocenters. The van der Waals surface area contributed by atoms with E-state index in [1.165, 1.54) is 37.9 Å². The van der Waals surface area contributed by atoms with Crippen molar-refractivity contribution in [2.24, 2.45) is 0 Å². The van der Waals surface area contributed by atoms with Gasteiger partial charge in [-0.2, -0.15) is 0 Å². The molecule has 0 saturated carbocycles. The van der Waals surface area contributed by atoms with Crippen molar-refractivity contribution in [3.05, 3.63) is 193 Å². The van der Waals surface area contributed by atoms with E-state index < -0.39 is 0 Å². The molecule has 1 aliphatic carbocycles. The Kier molecular flexibility index (Phi) is 6.65. The third kappa shape index (κ3) is 4.80. The van der Waals surface area contributed by atoms with E-state index in [2.05, 4.69) is 164 Å². The van der Waals surface area contributed by atoms with Gasteiger partial charge in [-0.1, -0.05) is 152 Å². The number of para-hydroxylation sites is 1. The molecule has 0 amide bonds. The summed E-state index contributed by atoms with van der Waals surface area (Å²) < 4.78 is 6.72. The molecule has 4 nitrogen and oxygen atoms in total. The first-order valence-corrected chi connectivity index (χ1v) is 18.1. The Bertz CT molecular complexity index is 3100.